The predicted octanol–water partition coefficient (Wildman–Crippen LogP) is 1.08. The Hall–Kier alpha value is -2.32. The fourth-order valence-electron chi connectivity index (χ4n) is 2.19. The first-order chi connectivity index (χ1) is 9.88. The summed E-state index contributed by atoms with van der Waals surface area (Å²) < 4.78 is 16.2. The standard InChI is InChI=1S/C12H13N5O3/c1-2-9-10(19-6-18-9)5-7(1)14-12-17-16-11(20-12)8-3-4-13-15-8/h1-2,5,8,13,15H,3-4,6H2,(H,14,17). The van der Waals surface area contributed by atoms with Gasteiger partial charge in [-0.25, -0.2) is 5.43 Å². The second-order valence-corrected chi connectivity index (χ2v) is 4.55. The Labute approximate surface area is 114 Å². The van der Waals surface area contributed by atoms with Crippen molar-refractivity contribution in [2.45, 2.75) is 12.5 Å². The Balaban J connectivity index is 1.51. The lowest BCUT2D eigenvalue weighted by Gasteiger charge is -2.03. The van der Waals surface area contributed by atoms with Gasteiger partial charge in [0.1, 0.15) is 6.04 Å². The molecular weight excluding hydrogens is 262 g/mol. The van der Waals surface area contributed by atoms with Gasteiger partial charge >= 0.3 is 6.01 Å². The van der Waals surface area contributed by atoms with Crippen molar-refractivity contribution in [1.29, 1.82) is 0 Å². The Kier molecular flexibility index (Phi) is 2.68. The minimum absolute atomic E-state index is 0.0646. The molecule has 1 aromatic heterocycles. The molecule has 20 heavy (non-hydrogen) atoms. The highest BCUT2D eigenvalue weighted by Gasteiger charge is 2.22. The van der Waals surface area contributed by atoms with Gasteiger partial charge in [0, 0.05) is 18.3 Å². The summed E-state index contributed by atoms with van der Waals surface area (Å²) in [5.41, 5.74) is 6.91. The van der Waals surface area contributed by atoms with Gasteiger partial charge in [0.05, 0.1) is 0 Å². The van der Waals surface area contributed by atoms with E-state index in [0.29, 0.717) is 17.7 Å². The summed E-state index contributed by atoms with van der Waals surface area (Å²) in [5.74, 6) is 2.01. The minimum Gasteiger partial charge on any atom is -0.454 e. The van der Waals surface area contributed by atoms with Crippen LogP contribution in [-0.2, 0) is 0 Å². The maximum absolute atomic E-state index is 5.58. The molecule has 2 aliphatic heterocycles. The zero-order chi connectivity index (χ0) is 13.4. The Morgan fingerprint density at radius 2 is 2.15 bits per heavy atom. The molecule has 3 heterocycles. The Morgan fingerprint density at radius 3 is 3.05 bits per heavy atom. The van der Waals surface area contributed by atoms with Crippen molar-refractivity contribution in [3.05, 3.63) is 24.1 Å². The van der Waals surface area contributed by atoms with E-state index < -0.39 is 0 Å². The van der Waals surface area contributed by atoms with Crippen LogP contribution >= 0.6 is 0 Å². The molecule has 8 nitrogen and oxygen atoms in total. The molecule has 2 aliphatic rings. The molecule has 104 valence electrons. The number of nitrogens with zero attached hydrogens (tertiary/aromatic N) is 2. The van der Waals surface area contributed by atoms with Crippen LogP contribution in [0.5, 0.6) is 11.5 Å². The van der Waals surface area contributed by atoms with E-state index in [0.717, 1.165) is 24.4 Å². The minimum atomic E-state index is 0.0646. The summed E-state index contributed by atoms with van der Waals surface area (Å²) >= 11 is 0. The predicted molar refractivity (Wildman–Crippen MR) is 68.6 cm³/mol. The molecule has 1 fully saturated rings. The third-order valence-corrected chi connectivity index (χ3v) is 3.20. The number of rotatable bonds is 3. The highest BCUT2D eigenvalue weighted by Crippen LogP contribution is 2.35. The van der Waals surface area contributed by atoms with Crippen LogP contribution in [0.3, 0.4) is 0 Å². The normalized spacial score (nSPS) is 20.3. The molecule has 1 unspecified atom stereocenters. The lowest BCUT2D eigenvalue weighted by molar-refractivity contribution is 0.174. The van der Waals surface area contributed by atoms with Crippen molar-refractivity contribution in [2.24, 2.45) is 0 Å². The van der Waals surface area contributed by atoms with Gasteiger partial charge in [-0.15, -0.1) is 5.10 Å². The zero-order valence-electron chi connectivity index (χ0n) is 10.5. The average Bonchev–Trinajstić information content (AvgIpc) is 3.19. The molecule has 2 aromatic rings. The molecule has 0 spiro atoms. The maximum atomic E-state index is 5.58. The molecule has 1 atom stereocenters. The van der Waals surface area contributed by atoms with Crippen molar-refractivity contribution in [2.75, 3.05) is 18.7 Å². The summed E-state index contributed by atoms with van der Waals surface area (Å²) in [5, 5.41) is 11.1. The van der Waals surface area contributed by atoms with Crippen molar-refractivity contribution >= 4 is 11.7 Å². The monoisotopic (exact) mass is 275 g/mol. The lowest BCUT2D eigenvalue weighted by Crippen LogP contribution is -2.24. The first-order valence-electron chi connectivity index (χ1n) is 6.37. The van der Waals surface area contributed by atoms with Crippen molar-refractivity contribution in [3.8, 4) is 11.5 Å². The van der Waals surface area contributed by atoms with Crippen molar-refractivity contribution in [3.63, 3.8) is 0 Å². The number of hydrogen-bond acceptors (Lipinski definition) is 8. The van der Waals surface area contributed by atoms with E-state index in [4.69, 9.17) is 13.9 Å². The van der Waals surface area contributed by atoms with Gasteiger partial charge < -0.3 is 19.2 Å². The number of benzene rings is 1. The Morgan fingerprint density at radius 1 is 1.20 bits per heavy atom. The summed E-state index contributed by atoms with van der Waals surface area (Å²) in [4.78, 5) is 0. The van der Waals surface area contributed by atoms with Gasteiger partial charge in [-0.2, -0.15) is 0 Å². The summed E-state index contributed by atoms with van der Waals surface area (Å²) in [6, 6.07) is 5.96. The van der Waals surface area contributed by atoms with E-state index in [1.165, 1.54) is 0 Å². The zero-order valence-corrected chi connectivity index (χ0v) is 10.5. The molecule has 4 rings (SSSR count). The highest BCUT2D eigenvalue weighted by atomic mass is 16.7. The summed E-state index contributed by atoms with van der Waals surface area (Å²) in [6.45, 7) is 1.14. The molecular formula is C12H13N5O3. The molecule has 0 amide bonds. The second kappa shape index (κ2) is 4.66. The van der Waals surface area contributed by atoms with Crippen LogP contribution in [0.15, 0.2) is 22.6 Å². The quantitative estimate of drug-likeness (QED) is 0.766. The van der Waals surface area contributed by atoms with E-state index >= 15 is 0 Å². The number of ether oxygens (including phenoxy) is 2. The van der Waals surface area contributed by atoms with Crippen LogP contribution in [0, 0.1) is 0 Å². The topological polar surface area (TPSA) is 93.5 Å². The van der Waals surface area contributed by atoms with Crippen molar-refractivity contribution in [1.82, 2.24) is 21.0 Å². The maximum Gasteiger partial charge on any atom is 0.320 e. The first-order valence-corrected chi connectivity index (χ1v) is 6.37. The number of fused-ring (bicyclic) bond motifs is 1. The second-order valence-electron chi connectivity index (χ2n) is 4.55. The third-order valence-electron chi connectivity index (χ3n) is 3.20. The van der Waals surface area contributed by atoms with Crippen LogP contribution in [0.1, 0.15) is 18.4 Å². The Bertz CT molecular complexity index is 623. The van der Waals surface area contributed by atoms with Crippen molar-refractivity contribution < 1.29 is 13.9 Å². The number of aromatic nitrogens is 2. The molecule has 8 heteroatoms. The molecule has 3 N–H and O–H groups in total. The van der Waals surface area contributed by atoms with Crippen LogP contribution in [0.4, 0.5) is 11.7 Å². The molecule has 1 aromatic carbocycles. The van der Waals surface area contributed by atoms with Gasteiger partial charge in [0.15, 0.2) is 11.5 Å². The van der Waals surface area contributed by atoms with Gasteiger partial charge in [-0.05, 0) is 18.6 Å². The molecule has 0 bridgehead atoms. The summed E-state index contributed by atoms with van der Waals surface area (Å²) in [7, 11) is 0. The number of hydrazine groups is 1. The van der Waals surface area contributed by atoms with Crippen LogP contribution in [0.25, 0.3) is 0 Å². The van der Waals surface area contributed by atoms with Gasteiger partial charge in [-0.1, -0.05) is 5.10 Å². The van der Waals surface area contributed by atoms with E-state index in [1.54, 1.807) is 0 Å². The third kappa shape index (κ3) is 2.04. The van der Waals surface area contributed by atoms with E-state index in [9.17, 15) is 0 Å². The van der Waals surface area contributed by atoms with Crippen LogP contribution in [-0.4, -0.2) is 23.5 Å². The van der Waals surface area contributed by atoms with Gasteiger partial charge in [-0.3, -0.25) is 5.43 Å². The largest absolute Gasteiger partial charge is 0.454 e. The number of nitrogens with one attached hydrogen (secondary N) is 3. The molecule has 0 saturated carbocycles. The van der Waals surface area contributed by atoms with E-state index in [2.05, 4.69) is 26.4 Å². The average molecular weight is 275 g/mol. The van der Waals surface area contributed by atoms with Crippen LogP contribution < -0.4 is 25.6 Å². The first kappa shape index (κ1) is 11.5. The number of hydrogen-bond donors (Lipinski definition) is 3. The number of anilines is 2. The SMILES string of the molecule is c1cc2c(cc1Nc1nnc(C3CCNN3)o1)OCO2. The van der Waals surface area contributed by atoms with E-state index in [-0.39, 0.29) is 12.8 Å². The smallest absolute Gasteiger partial charge is 0.320 e. The molecule has 0 aliphatic carbocycles. The highest BCUT2D eigenvalue weighted by molar-refractivity contribution is 5.59. The fourth-order valence-corrected chi connectivity index (χ4v) is 2.19. The summed E-state index contributed by atoms with van der Waals surface area (Å²) in [6.07, 6.45) is 0.922. The molecule has 1 saturated heterocycles. The fraction of sp³-hybridized carbons (Fsp3) is 0.333. The molecule has 0 radical (unpaired) electrons. The van der Waals surface area contributed by atoms with E-state index in [1.807, 2.05) is 18.2 Å². The van der Waals surface area contributed by atoms with Gasteiger partial charge in [0.25, 0.3) is 0 Å². The van der Waals surface area contributed by atoms with Gasteiger partial charge in [0.2, 0.25) is 12.7 Å². The van der Waals surface area contributed by atoms with Crippen LogP contribution in [0.2, 0.25) is 0 Å². The lowest BCUT2D eigenvalue weighted by atomic mass is 10.2.